The van der Waals surface area contributed by atoms with Crippen molar-refractivity contribution in [2.75, 3.05) is 46.2 Å². The van der Waals surface area contributed by atoms with Gasteiger partial charge in [0.25, 0.3) is 0 Å². The number of phenols is 1. The van der Waals surface area contributed by atoms with Crippen molar-refractivity contribution < 1.29 is 34.3 Å². The van der Waals surface area contributed by atoms with Crippen molar-refractivity contribution in [2.24, 2.45) is 0 Å². The van der Waals surface area contributed by atoms with Gasteiger partial charge in [0.1, 0.15) is 11.3 Å². The highest BCUT2D eigenvalue weighted by molar-refractivity contribution is 5.92. The lowest BCUT2D eigenvalue weighted by Gasteiger charge is -2.02. The lowest BCUT2D eigenvalue weighted by atomic mass is 10.2. The van der Waals surface area contributed by atoms with Crippen LogP contribution in [-0.2, 0) is 14.2 Å². The number of aliphatic hydroxyl groups is 2. The zero-order valence-electron chi connectivity index (χ0n) is 12.7. The standard InChI is InChI=1S/C9H10O3.C6H14O4/c1-2-12-9(11)7-5-3-4-6-8(7)10;7-1-3-9-5-6-10-4-2-8/h3-6,10H,2H2,1H3;7-8H,1-6H2. The fraction of sp³-hybridized carbons (Fsp3) is 0.533. The van der Waals surface area contributed by atoms with Gasteiger partial charge in [-0.2, -0.15) is 0 Å². The van der Waals surface area contributed by atoms with E-state index < -0.39 is 5.97 Å². The summed E-state index contributed by atoms with van der Waals surface area (Å²) in [4.78, 5) is 11.1. The fourth-order valence-electron chi connectivity index (χ4n) is 1.31. The highest BCUT2D eigenvalue weighted by atomic mass is 16.5. The summed E-state index contributed by atoms with van der Waals surface area (Å²) in [5, 5.41) is 25.7. The van der Waals surface area contributed by atoms with Gasteiger partial charge in [-0.25, -0.2) is 4.79 Å². The lowest BCUT2D eigenvalue weighted by Crippen LogP contribution is -2.09. The van der Waals surface area contributed by atoms with Crippen molar-refractivity contribution >= 4 is 5.97 Å². The predicted molar refractivity (Wildman–Crippen MR) is 79.9 cm³/mol. The van der Waals surface area contributed by atoms with Crippen LogP contribution in [0.5, 0.6) is 5.75 Å². The molecule has 126 valence electrons. The maximum atomic E-state index is 11.1. The van der Waals surface area contributed by atoms with Crippen LogP contribution in [0, 0.1) is 0 Å². The third-order valence-electron chi connectivity index (χ3n) is 2.24. The van der Waals surface area contributed by atoms with Gasteiger partial charge < -0.3 is 29.5 Å². The molecule has 0 radical (unpaired) electrons. The molecule has 0 aliphatic carbocycles. The number of aliphatic hydroxyl groups excluding tert-OH is 2. The molecule has 1 aromatic rings. The summed E-state index contributed by atoms with van der Waals surface area (Å²) in [6.45, 7) is 3.76. The summed E-state index contributed by atoms with van der Waals surface area (Å²) in [6.07, 6.45) is 0. The average molecular weight is 316 g/mol. The molecule has 0 aliphatic rings. The topological polar surface area (TPSA) is 105 Å². The Labute approximate surface area is 130 Å². The molecular weight excluding hydrogens is 292 g/mol. The molecule has 0 atom stereocenters. The van der Waals surface area contributed by atoms with Gasteiger partial charge in [-0.15, -0.1) is 0 Å². The molecule has 0 saturated carbocycles. The average Bonchev–Trinajstić information content (AvgIpc) is 2.52. The van der Waals surface area contributed by atoms with Crippen molar-refractivity contribution in [1.82, 2.24) is 0 Å². The summed E-state index contributed by atoms with van der Waals surface area (Å²) >= 11 is 0. The zero-order valence-corrected chi connectivity index (χ0v) is 12.7. The van der Waals surface area contributed by atoms with Crippen LogP contribution in [0.3, 0.4) is 0 Å². The summed E-state index contributed by atoms with van der Waals surface area (Å²) in [5.74, 6) is -0.536. The molecular formula is C15H24O7. The van der Waals surface area contributed by atoms with Gasteiger partial charge in [-0.3, -0.25) is 0 Å². The van der Waals surface area contributed by atoms with Crippen molar-refractivity contribution in [3.8, 4) is 5.75 Å². The minimum atomic E-state index is -0.490. The molecule has 0 saturated heterocycles. The fourth-order valence-corrected chi connectivity index (χ4v) is 1.31. The van der Waals surface area contributed by atoms with Gasteiger partial charge >= 0.3 is 5.97 Å². The minimum absolute atomic E-state index is 0.0417. The number of phenolic OH excluding ortho intramolecular Hbond substituents is 1. The van der Waals surface area contributed by atoms with E-state index >= 15 is 0 Å². The number of carbonyl (C=O) groups is 1. The third kappa shape index (κ3) is 10.1. The summed E-state index contributed by atoms with van der Waals surface area (Å²) in [6, 6.07) is 6.30. The Hall–Kier alpha value is -1.67. The van der Waals surface area contributed by atoms with E-state index in [-0.39, 0.29) is 24.5 Å². The number of rotatable bonds is 9. The lowest BCUT2D eigenvalue weighted by molar-refractivity contribution is 0.0222. The Morgan fingerprint density at radius 1 is 1.00 bits per heavy atom. The number of carbonyl (C=O) groups excluding carboxylic acids is 1. The molecule has 0 spiro atoms. The smallest absolute Gasteiger partial charge is 0.341 e. The van der Waals surface area contributed by atoms with E-state index in [1.54, 1.807) is 19.1 Å². The van der Waals surface area contributed by atoms with Crippen LogP contribution in [0.1, 0.15) is 17.3 Å². The van der Waals surface area contributed by atoms with Crippen LogP contribution in [0.15, 0.2) is 24.3 Å². The number of hydrogen-bond donors (Lipinski definition) is 3. The first-order chi connectivity index (χ1) is 10.7. The van der Waals surface area contributed by atoms with Gasteiger partial charge in [-0.05, 0) is 19.1 Å². The third-order valence-corrected chi connectivity index (χ3v) is 2.24. The molecule has 7 heteroatoms. The quantitative estimate of drug-likeness (QED) is 0.452. The van der Waals surface area contributed by atoms with Crippen molar-refractivity contribution in [2.45, 2.75) is 6.92 Å². The number of ether oxygens (including phenoxy) is 3. The van der Waals surface area contributed by atoms with E-state index in [1.165, 1.54) is 12.1 Å². The molecule has 0 fully saturated rings. The van der Waals surface area contributed by atoms with E-state index in [9.17, 15) is 9.90 Å². The second-order valence-corrected chi connectivity index (χ2v) is 3.91. The molecule has 3 N–H and O–H groups in total. The molecule has 1 rings (SSSR count). The van der Waals surface area contributed by atoms with Gasteiger partial charge in [0.05, 0.1) is 46.2 Å². The largest absolute Gasteiger partial charge is 0.507 e. The van der Waals surface area contributed by atoms with Crippen LogP contribution in [-0.4, -0.2) is 67.5 Å². The number of hydrogen-bond acceptors (Lipinski definition) is 7. The van der Waals surface area contributed by atoms with Crippen LogP contribution < -0.4 is 0 Å². The first kappa shape index (κ1) is 20.3. The summed E-state index contributed by atoms with van der Waals surface area (Å²) in [5.41, 5.74) is 0.208. The van der Waals surface area contributed by atoms with Gasteiger partial charge in [-0.1, -0.05) is 12.1 Å². The van der Waals surface area contributed by atoms with E-state index in [2.05, 4.69) is 0 Å². The summed E-state index contributed by atoms with van der Waals surface area (Å²) in [7, 11) is 0. The Bertz CT molecular complexity index is 387. The maximum absolute atomic E-state index is 11.1. The molecule has 1 aromatic carbocycles. The van der Waals surface area contributed by atoms with Crippen LogP contribution in [0.2, 0.25) is 0 Å². The number of para-hydroxylation sites is 1. The van der Waals surface area contributed by atoms with Crippen molar-refractivity contribution in [3.05, 3.63) is 29.8 Å². The molecule has 0 amide bonds. The number of esters is 1. The SMILES string of the molecule is CCOC(=O)c1ccccc1O.OCCOCCOCCO. The maximum Gasteiger partial charge on any atom is 0.341 e. The van der Waals surface area contributed by atoms with E-state index in [4.69, 9.17) is 24.4 Å². The van der Waals surface area contributed by atoms with Crippen LogP contribution in [0.25, 0.3) is 0 Å². The molecule has 7 nitrogen and oxygen atoms in total. The van der Waals surface area contributed by atoms with E-state index in [1.807, 2.05) is 0 Å². The minimum Gasteiger partial charge on any atom is -0.507 e. The monoisotopic (exact) mass is 316 g/mol. The first-order valence-corrected chi connectivity index (χ1v) is 6.99. The Balaban J connectivity index is 0.000000409. The zero-order chi connectivity index (χ0) is 16.6. The molecule has 0 heterocycles. The molecule has 0 unspecified atom stereocenters. The van der Waals surface area contributed by atoms with Crippen LogP contribution in [0.4, 0.5) is 0 Å². The highest BCUT2D eigenvalue weighted by Crippen LogP contribution is 2.16. The molecule has 0 aromatic heterocycles. The second kappa shape index (κ2) is 14.3. The predicted octanol–water partition coefficient (Wildman–Crippen LogP) is 0.573. The normalized spacial score (nSPS) is 9.77. The second-order valence-electron chi connectivity index (χ2n) is 3.91. The van der Waals surface area contributed by atoms with Gasteiger partial charge in [0.2, 0.25) is 0 Å². The van der Waals surface area contributed by atoms with E-state index in [0.717, 1.165) is 0 Å². The highest BCUT2D eigenvalue weighted by Gasteiger charge is 2.09. The van der Waals surface area contributed by atoms with Crippen LogP contribution >= 0.6 is 0 Å². The molecule has 0 bridgehead atoms. The Morgan fingerprint density at radius 2 is 1.55 bits per heavy atom. The van der Waals surface area contributed by atoms with Crippen molar-refractivity contribution in [1.29, 1.82) is 0 Å². The van der Waals surface area contributed by atoms with Gasteiger partial charge in [0.15, 0.2) is 0 Å². The summed E-state index contributed by atoms with van der Waals surface area (Å²) < 4.78 is 14.5. The van der Waals surface area contributed by atoms with Crippen molar-refractivity contribution in [3.63, 3.8) is 0 Å². The Kier molecular flexibility index (Phi) is 13.2. The van der Waals surface area contributed by atoms with Gasteiger partial charge in [0, 0.05) is 0 Å². The number of aromatic hydroxyl groups is 1. The molecule has 22 heavy (non-hydrogen) atoms. The van der Waals surface area contributed by atoms with E-state index in [0.29, 0.717) is 33.0 Å². The molecule has 0 aliphatic heterocycles. The number of benzene rings is 1. The first-order valence-electron chi connectivity index (χ1n) is 6.99. The Morgan fingerprint density at radius 3 is 2.00 bits per heavy atom.